The summed E-state index contributed by atoms with van der Waals surface area (Å²) >= 11 is 0. The topological polar surface area (TPSA) is 92.5 Å². The fourth-order valence-corrected chi connectivity index (χ4v) is 1.42. The zero-order valence-electron chi connectivity index (χ0n) is 10.6. The first-order valence-electron chi connectivity index (χ1n) is 5.46. The molecule has 0 amide bonds. The van der Waals surface area contributed by atoms with Crippen molar-refractivity contribution in [3.05, 3.63) is 39.7 Å². The zero-order valence-corrected chi connectivity index (χ0v) is 10.6. The van der Waals surface area contributed by atoms with Gasteiger partial charge in [0.05, 0.1) is 11.0 Å². The third-order valence-corrected chi connectivity index (χ3v) is 2.79. The van der Waals surface area contributed by atoms with E-state index >= 15 is 0 Å². The fraction of sp³-hybridized carbons (Fsp3) is 0.364. The molecule has 1 unspecified atom stereocenters. The Morgan fingerprint density at radius 3 is 2.38 bits per heavy atom. The number of alkyl halides is 3. The molecule has 0 aromatic heterocycles. The Kier molecular flexibility index (Phi) is 4.52. The number of nitro groups is 1. The summed E-state index contributed by atoms with van der Waals surface area (Å²) in [6.07, 6.45) is -5.10. The van der Waals surface area contributed by atoms with Crippen molar-refractivity contribution in [2.75, 3.05) is 0 Å². The predicted octanol–water partition coefficient (Wildman–Crippen LogP) is 2.23. The number of halogens is 4. The third-order valence-electron chi connectivity index (χ3n) is 2.79. The Balaban J connectivity index is 3.02. The van der Waals surface area contributed by atoms with Crippen LogP contribution in [0.1, 0.15) is 12.5 Å². The summed E-state index contributed by atoms with van der Waals surface area (Å²) < 4.78 is 51.3. The molecule has 1 aromatic carbocycles. The molecule has 2 N–H and O–H groups in total. The molecule has 21 heavy (non-hydrogen) atoms. The lowest BCUT2D eigenvalue weighted by molar-refractivity contribution is -0.385. The van der Waals surface area contributed by atoms with Crippen LogP contribution < -0.4 is 5.32 Å². The van der Waals surface area contributed by atoms with Crippen molar-refractivity contribution in [3.63, 3.8) is 0 Å². The minimum atomic E-state index is -5.10. The van der Waals surface area contributed by atoms with E-state index in [2.05, 4.69) is 0 Å². The van der Waals surface area contributed by atoms with E-state index in [9.17, 15) is 32.5 Å². The molecule has 1 rings (SSSR count). The second-order valence-corrected chi connectivity index (χ2v) is 4.36. The van der Waals surface area contributed by atoms with Gasteiger partial charge >= 0.3 is 12.1 Å². The number of nitro benzene ring substituents is 1. The van der Waals surface area contributed by atoms with E-state index in [0.717, 1.165) is 12.1 Å². The highest BCUT2D eigenvalue weighted by Crippen LogP contribution is 2.31. The maximum atomic E-state index is 13.1. The lowest BCUT2D eigenvalue weighted by atomic mass is 10.0. The number of carbonyl (C=O) groups is 1. The van der Waals surface area contributed by atoms with Crippen LogP contribution in [0.15, 0.2) is 18.2 Å². The van der Waals surface area contributed by atoms with Crippen LogP contribution in [0, 0.1) is 15.9 Å². The summed E-state index contributed by atoms with van der Waals surface area (Å²) in [5.74, 6) is -3.18. The second kappa shape index (κ2) is 5.64. The third kappa shape index (κ3) is 3.66. The van der Waals surface area contributed by atoms with Gasteiger partial charge in [0.2, 0.25) is 5.54 Å². The molecule has 0 saturated heterocycles. The largest absolute Gasteiger partial charge is 0.480 e. The van der Waals surface area contributed by atoms with Gasteiger partial charge in [-0.2, -0.15) is 13.2 Å². The Hall–Kier alpha value is -2.23. The monoisotopic (exact) mass is 310 g/mol. The minimum absolute atomic E-state index is 0.182. The van der Waals surface area contributed by atoms with E-state index in [1.165, 1.54) is 0 Å². The quantitative estimate of drug-likeness (QED) is 0.494. The molecule has 0 aliphatic heterocycles. The Bertz CT molecular complexity index is 576. The lowest BCUT2D eigenvalue weighted by Gasteiger charge is -2.28. The SMILES string of the molecule is CC(NCc1cc(F)cc([N+](=O)[O-])c1)(C(=O)O)C(F)(F)F. The summed E-state index contributed by atoms with van der Waals surface area (Å²) in [6.45, 7) is -0.302. The van der Waals surface area contributed by atoms with E-state index in [-0.39, 0.29) is 5.56 Å². The molecule has 0 heterocycles. The van der Waals surface area contributed by atoms with Crippen molar-refractivity contribution in [3.8, 4) is 0 Å². The Labute approximate surface area is 115 Å². The maximum Gasteiger partial charge on any atom is 0.417 e. The molecule has 1 aromatic rings. The van der Waals surface area contributed by atoms with E-state index in [1.807, 2.05) is 0 Å². The number of nitrogens with one attached hydrogen (secondary N) is 1. The number of hydrogen-bond acceptors (Lipinski definition) is 4. The molecule has 116 valence electrons. The van der Waals surface area contributed by atoms with Gasteiger partial charge in [-0.15, -0.1) is 0 Å². The molecule has 0 radical (unpaired) electrons. The first-order chi connectivity index (χ1) is 9.47. The van der Waals surface area contributed by atoms with Gasteiger partial charge in [0, 0.05) is 12.6 Å². The first kappa shape index (κ1) is 16.8. The highest BCUT2D eigenvalue weighted by atomic mass is 19.4. The van der Waals surface area contributed by atoms with Crippen LogP contribution >= 0.6 is 0 Å². The van der Waals surface area contributed by atoms with Crippen LogP contribution in [0.4, 0.5) is 23.2 Å². The van der Waals surface area contributed by atoms with Crippen LogP contribution in [-0.4, -0.2) is 27.7 Å². The molecule has 1 atom stereocenters. The molecule has 0 saturated carbocycles. The van der Waals surface area contributed by atoms with Crippen molar-refractivity contribution in [1.82, 2.24) is 5.32 Å². The van der Waals surface area contributed by atoms with Crippen molar-refractivity contribution < 1.29 is 32.4 Å². The first-order valence-corrected chi connectivity index (χ1v) is 5.46. The van der Waals surface area contributed by atoms with Gasteiger partial charge in [-0.1, -0.05) is 0 Å². The number of non-ortho nitro benzene ring substituents is 1. The maximum absolute atomic E-state index is 13.1. The Morgan fingerprint density at radius 1 is 1.38 bits per heavy atom. The predicted molar refractivity (Wildman–Crippen MR) is 62.0 cm³/mol. The fourth-order valence-electron chi connectivity index (χ4n) is 1.42. The van der Waals surface area contributed by atoms with Crippen LogP contribution in [-0.2, 0) is 11.3 Å². The summed E-state index contributed by atoms with van der Waals surface area (Å²) in [7, 11) is 0. The van der Waals surface area contributed by atoms with Crippen molar-refractivity contribution in [2.45, 2.75) is 25.2 Å². The standard InChI is InChI=1S/C11H10F4N2O4/c1-10(9(18)19,11(13,14)15)16-5-6-2-7(12)4-8(3-6)17(20)21/h2-4,16H,5H2,1H3,(H,18,19). The van der Waals surface area contributed by atoms with Gasteiger partial charge < -0.3 is 5.11 Å². The molecule has 6 nitrogen and oxygen atoms in total. The van der Waals surface area contributed by atoms with Gasteiger partial charge in [0.15, 0.2) is 0 Å². The summed E-state index contributed by atoms with van der Waals surface area (Å²) in [5.41, 5.74) is -4.08. The number of aliphatic carboxylic acids is 1. The van der Waals surface area contributed by atoms with Gasteiger partial charge in [-0.3, -0.25) is 15.4 Å². The van der Waals surface area contributed by atoms with Crippen LogP contribution in [0.2, 0.25) is 0 Å². The molecule has 0 aliphatic rings. The second-order valence-electron chi connectivity index (χ2n) is 4.36. The molecule has 0 aliphatic carbocycles. The zero-order chi connectivity index (χ0) is 16.4. The van der Waals surface area contributed by atoms with Gasteiger partial charge in [0.25, 0.3) is 5.69 Å². The molecule has 0 bridgehead atoms. The molecule has 0 fully saturated rings. The molecule has 0 spiro atoms. The number of carboxylic acids is 1. The number of nitrogens with zero attached hydrogens (tertiary/aromatic N) is 1. The summed E-state index contributed by atoms with van der Waals surface area (Å²) in [5, 5.41) is 20.9. The number of hydrogen-bond donors (Lipinski definition) is 2. The van der Waals surface area contributed by atoms with Crippen molar-refractivity contribution in [1.29, 1.82) is 0 Å². The Morgan fingerprint density at radius 2 is 1.95 bits per heavy atom. The van der Waals surface area contributed by atoms with Gasteiger partial charge in [0.1, 0.15) is 5.82 Å². The number of carboxylic acid groups (broad SMARTS) is 1. The lowest BCUT2D eigenvalue weighted by Crippen LogP contribution is -2.59. The van der Waals surface area contributed by atoms with E-state index in [0.29, 0.717) is 13.0 Å². The average Bonchev–Trinajstić information content (AvgIpc) is 2.33. The minimum Gasteiger partial charge on any atom is -0.480 e. The smallest absolute Gasteiger partial charge is 0.417 e. The van der Waals surface area contributed by atoms with E-state index in [1.54, 1.807) is 5.32 Å². The van der Waals surface area contributed by atoms with E-state index in [4.69, 9.17) is 5.11 Å². The van der Waals surface area contributed by atoms with E-state index < -0.39 is 40.7 Å². The normalized spacial score (nSPS) is 14.5. The molecular weight excluding hydrogens is 300 g/mol. The van der Waals surface area contributed by atoms with Crippen LogP contribution in [0.25, 0.3) is 0 Å². The molecule has 10 heteroatoms. The van der Waals surface area contributed by atoms with Gasteiger partial charge in [-0.25, -0.2) is 9.18 Å². The number of benzene rings is 1. The van der Waals surface area contributed by atoms with Crippen molar-refractivity contribution in [2.24, 2.45) is 0 Å². The van der Waals surface area contributed by atoms with Crippen LogP contribution in [0.3, 0.4) is 0 Å². The van der Waals surface area contributed by atoms with Gasteiger partial charge in [-0.05, 0) is 18.6 Å². The molecular formula is C11H10F4N2O4. The summed E-state index contributed by atoms with van der Waals surface area (Å²) in [6, 6.07) is 2.23. The highest BCUT2D eigenvalue weighted by molar-refractivity contribution is 5.79. The summed E-state index contributed by atoms with van der Waals surface area (Å²) in [4.78, 5) is 20.4. The highest BCUT2D eigenvalue weighted by Gasteiger charge is 2.57. The van der Waals surface area contributed by atoms with Crippen LogP contribution in [0.5, 0.6) is 0 Å². The number of rotatable bonds is 5. The average molecular weight is 310 g/mol. The van der Waals surface area contributed by atoms with Crippen molar-refractivity contribution >= 4 is 11.7 Å².